The van der Waals surface area contributed by atoms with E-state index in [1.54, 1.807) is 18.4 Å². The number of aliphatic hydroxyl groups is 1. The highest BCUT2D eigenvalue weighted by atomic mass is 32.1. The SMILES string of the molecule is COC(C(C)C)C(O)c1cccc2ccsc12. The van der Waals surface area contributed by atoms with Gasteiger partial charge in [-0.15, -0.1) is 11.3 Å². The number of rotatable bonds is 4. The number of hydrogen-bond donors (Lipinski definition) is 1. The zero-order chi connectivity index (χ0) is 12.4. The van der Waals surface area contributed by atoms with Crippen LogP contribution in [0.1, 0.15) is 25.5 Å². The summed E-state index contributed by atoms with van der Waals surface area (Å²) in [5, 5.41) is 13.7. The van der Waals surface area contributed by atoms with Crippen LogP contribution >= 0.6 is 11.3 Å². The molecule has 3 heteroatoms. The maximum absolute atomic E-state index is 10.4. The van der Waals surface area contributed by atoms with Crippen molar-refractivity contribution in [3.05, 3.63) is 35.2 Å². The van der Waals surface area contributed by atoms with Crippen molar-refractivity contribution in [2.24, 2.45) is 5.92 Å². The van der Waals surface area contributed by atoms with Gasteiger partial charge in [0.2, 0.25) is 0 Å². The highest BCUT2D eigenvalue weighted by Gasteiger charge is 2.25. The Balaban J connectivity index is 2.41. The molecule has 2 aromatic rings. The van der Waals surface area contributed by atoms with Crippen LogP contribution in [0.5, 0.6) is 0 Å². The van der Waals surface area contributed by atoms with Crippen molar-refractivity contribution in [1.29, 1.82) is 0 Å². The van der Waals surface area contributed by atoms with Gasteiger partial charge in [-0.05, 0) is 22.8 Å². The van der Waals surface area contributed by atoms with Crippen molar-refractivity contribution in [1.82, 2.24) is 0 Å². The number of benzene rings is 1. The van der Waals surface area contributed by atoms with Gasteiger partial charge in [-0.2, -0.15) is 0 Å². The van der Waals surface area contributed by atoms with E-state index < -0.39 is 6.10 Å². The minimum atomic E-state index is -0.567. The minimum Gasteiger partial charge on any atom is -0.386 e. The molecule has 92 valence electrons. The Hall–Kier alpha value is -0.900. The highest BCUT2D eigenvalue weighted by molar-refractivity contribution is 7.17. The fraction of sp³-hybridized carbons (Fsp3) is 0.429. The van der Waals surface area contributed by atoms with Crippen LogP contribution in [0.4, 0.5) is 0 Å². The number of methoxy groups -OCH3 is 1. The van der Waals surface area contributed by atoms with Crippen molar-refractivity contribution in [3.63, 3.8) is 0 Å². The average Bonchev–Trinajstić information content (AvgIpc) is 2.76. The summed E-state index contributed by atoms with van der Waals surface area (Å²) in [7, 11) is 1.66. The Morgan fingerprint density at radius 3 is 2.65 bits per heavy atom. The van der Waals surface area contributed by atoms with E-state index in [0.717, 1.165) is 10.3 Å². The Morgan fingerprint density at radius 2 is 2.00 bits per heavy atom. The number of ether oxygens (including phenoxy) is 1. The van der Waals surface area contributed by atoms with Crippen LogP contribution in [0.3, 0.4) is 0 Å². The summed E-state index contributed by atoms with van der Waals surface area (Å²) in [6.07, 6.45) is -0.731. The van der Waals surface area contributed by atoms with Gasteiger partial charge in [-0.3, -0.25) is 0 Å². The molecule has 2 rings (SSSR count). The van der Waals surface area contributed by atoms with E-state index in [9.17, 15) is 5.11 Å². The first-order chi connectivity index (χ1) is 8.15. The topological polar surface area (TPSA) is 29.5 Å². The predicted octanol–water partition coefficient (Wildman–Crippen LogP) is 3.61. The van der Waals surface area contributed by atoms with Crippen LogP contribution in [0.25, 0.3) is 10.1 Å². The van der Waals surface area contributed by atoms with Gasteiger partial charge in [0.1, 0.15) is 6.10 Å². The molecule has 0 bridgehead atoms. The van der Waals surface area contributed by atoms with E-state index in [1.807, 2.05) is 12.1 Å². The fourth-order valence-electron chi connectivity index (χ4n) is 2.19. The van der Waals surface area contributed by atoms with Gasteiger partial charge in [-0.1, -0.05) is 32.0 Å². The number of hydrogen-bond acceptors (Lipinski definition) is 3. The molecule has 17 heavy (non-hydrogen) atoms. The molecule has 2 unspecified atom stereocenters. The molecule has 0 fully saturated rings. The summed E-state index contributed by atoms with van der Waals surface area (Å²) < 4.78 is 6.56. The molecule has 0 aliphatic carbocycles. The van der Waals surface area contributed by atoms with E-state index in [-0.39, 0.29) is 12.0 Å². The molecule has 1 aromatic carbocycles. The summed E-state index contributed by atoms with van der Waals surface area (Å²) in [5.41, 5.74) is 0.970. The average molecular weight is 250 g/mol. The van der Waals surface area contributed by atoms with Gasteiger partial charge >= 0.3 is 0 Å². The predicted molar refractivity (Wildman–Crippen MR) is 72.4 cm³/mol. The van der Waals surface area contributed by atoms with E-state index in [1.165, 1.54) is 5.39 Å². The van der Waals surface area contributed by atoms with Crippen LogP contribution in [0, 0.1) is 5.92 Å². The molecule has 0 amide bonds. The summed E-state index contributed by atoms with van der Waals surface area (Å²) >= 11 is 1.67. The molecule has 0 saturated carbocycles. The normalized spacial score (nSPS) is 15.4. The first kappa shape index (κ1) is 12.6. The quantitative estimate of drug-likeness (QED) is 0.898. The van der Waals surface area contributed by atoms with Gasteiger partial charge in [0.15, 0.2) is 0 Å². The number of thiophene rings is 1. The van der Waals surface area contributed by atoms with Crippen molar-refractivity contribution < 1.29 is 9.84 Å². The van der Waals surface area contributed by atoms with Crippen LogP contribution < -0.4 is 0 Å². The highest BCUT2D eigenvalue weighted by Crippen LogP contribution is 2.32. The van der Waals surface area contributed by atoms with Crippen molar-refractivity contribution >= 4 is 21.4 Å². The summed E-state index contributed by atoms with van der Waals surface area (Å²) in [6, 6.07) is 8.12. The largest absolute Gasteiger partial charge is 0.386 e. The molecule has 2 nitrogen and oxygen atoms in total. The van der Waals surface area contributed by atoms with Crippen molar-refractivity contribution in [2.75, 3.05) is 7.11 Å². The molecule has 1 aromatic heterocycles. The lowest BCUT2D eigenvalue weighted by Gasteiger charge is -2.25. The molecule has 1 heterocycles. The molecule has 1 N–H and O–H groups in total. The first-order valence-corrected chi connectivity index (χ1v) is 6.70. The second-order valence-electron chi connectivity index (χ2n) is 4.58. The van der Waals surface area contributed by atoms with Crippen LogP contribution in [-0.4, -0.2) is 18.3 Å². The van der Waals surface area contributed by atoms with Gasteiger partial charge in [-0.25, -0.2) is 0 Å². The molecular weight excluding hydrogens is 232 g/mol. The smallest absolute Gasteiger partial charge is 0.107 e. The molecule has 0 aliphatic heterocycles. The second-order valence-corrected chi connectivity index (χ2v) is 5.49. The monoisotopic (exact) mass is 250 g/mol. The van der Waals surface area contributed by atoms with Crippen molar-refractivity contribution in [2.45, 2.75) is 26.1 Å². The zero-order valence-corrected chi connectivity index (χ0v) is 11.2. The minimum absolute atomic E-state index is 0.164. The summed E-state index contributed by atoms with van der Waals surface area (Å²) in [6.45, 7) is 4.12. The number of fused-ring (bicyclic) bond motifs is 1. The Kier molecular flexibility index (Phi) is 3.82. The Bertz CT molecular complexity index is 490. The van der Waals surface area contributed by atoms with Crippen molar-refractivity contribution in [3.8, 4) is 0 Å². The van der Waals surface area contributed by atoms with Gasteiger partial charge < -0.3 is 9.84 Å². The second kappa shape index (κ2) is 5.17. The fourth-order valence-corrected chi connectivity index (χ4v) is 3.14. The molecule has 0 saturated heterocycles. The molecule has 2 atom stereocenters. The maximum Gasteiger partial charge on any atom is 0.107 e. The molecular formula is C14H18O2S. The Labute approximate surface area is 106 Å². The van der Waals surface area contributed by atoms with Gasteiger partial charge in [0.05, 0.1) is 6.10 Å². The third kappa shape index (κ3) is 2.37. The Morgan fingerprint density at radius 1 is 1.24 bits per heavy atom. The van der Waals surface area contributed by atoms with E-state index >= 15 is 0 Å². The lowest BCUT2D eigenvalue weighted by Crippen LogP contribution is -2.26. The van der Waals surface area contributed by atoms with Crippen LogP contribution in [-0.2, 0) is 4.74 Å². The lowest BCUT2D eigenvalue weighted by molar-refractivity contribution is -0.0383. The van der Waals surface area contributed by atoms with Crippen LogP contribution in [0.15, 0.2) is 29.6 Å². The van der Waals surface area contributed by atoms with Gasteiger partial charge in [0, 0.05) is 17.4 Å². The third-order valence-corrected chi connectivity index (χ3v) is 4.05. The lowest BCUT2D eigenvalue weighted by atomic mass is 9.95. The van der Waals surface area contributed by atoms with E-state index in [2.05, 4.69) is 31.4 Å². The van der Waals surface area contributed by atoms with Crippen LogP contribution in [0.2, 0.25) is 0 Å². The first-order valence-electron chi connectivity index (χ1n) is 5.82. The molecule has 0 spiro atoms. The zero-order valence-electron chi connectivity index (χ0n) is 10.4. The summed E-state index contributed by atoms with van der Waals surface area (Å²) in [5.74, 6) is 0.283. The van der Waals surface area contributed by atoms with E-state index in [0.29, 0.717) is 0 Å². The van der Waals surface area contributed by atoms with E-state index in [4.69, 9.17) is 4.74 Å². The summed E-state index contributed by atoms with van der Waals surface area (Å²) in [4.78, 5) is 0. The third-order valence-electron chi connectivity index (χ3n) is 3.07. The standard InChI is InChI=1S/C14H18O2S/c1-9(2)13(16-3)12(15)11-6-4-5-10-7-8-17-14(10)11/h4-9,12-13,15H,1-3H3. The molecule has 0 radical (unpaired) electrons. The molecule has 0 aliphatic rings. The maximum atomic E-state index is 10.4. The number of aliphatic hydroxyl groups excluding tert-OH is 1. The van der Waals surface area contributed by atoms with Gasteiger partial charge in [0.25, 0.3) is 0 Å².